The topological polar surface area (TPSA) is 66.4 Å². The molecule has 1 aromatic rings. The molecule has 16 heavy (non-hydrogen) atoms. The Balaban J connectivity index is 2.09. The van der Waals surface area contributed by atoms with Crippen molar-refractivity contribution >= 4 is 11.7 Å². The first kappa shape index (κ1) is 10.8. The maximum absolute atomic E-state index is 12.0. The van der Waals surface area contributed by atoms with Crippen LogP contribution in [-0.4, -0.2) is 29.4 Å². The lowest BCUT2D eigenvalue weighted by Gasteiger charge is -2.35. The summed E-state index contributed by atoms with van der Waals surface area (Å²) in [5.41, 5.74) is 0.593. The van der Waals surface area contributed by atoms with Crippen molar-refractivity contribution in [2.24, 2.45) is 5.92 Å². The van der Waals surface area contributed by atoms with E-state index >= 15 is 0 Å². The molecule has 0 radical (unpaired) electrons. The van der Waals surface area contributed by atoms with Crippen LogP contribution in [0.1, 0.15) is 16.8 Å². The van der Waals surface area contributed by atoms with E-state index in [-0.39, 0.29) is 24.2 Å². The number of nitrogens with one attached hydrogen (secondary N) is 1. The standard InChI is InChI=1S/C12H13NO3/c14-7-6-9-10(13-12(9)16)11(15)8-4-2-1-3-5-8/h1-5,9-10,14H,6-7H2,(H,13,16)/t9-,10-/m0/s1. The average Bonchev–Trinajstić information content (AvgIpc) is 2.33. The minimum absolute atomic E-state index is 0.0728. The molecule has 1 aromatic carbocycles. The zero-order valence-electron chi connectivity index (χ0n) is 8.72. The number of aliphatic hydroxyl groups excluding tert-OH is 1. The molecule has 2 rings (SSSR count). The lowest BCUT2D eigenvalue weighted by atomic mass is 9.83. The molecule has 0 bridgehead atoms. The van der Waals surface area contributed by atoms with Gasteiger partial charge in [-0.2, -0.15) is 0 Å². The van der Waals surface area contributed by atoms with Crippen molar-refractivity contribution in [1.82, 2.24) is 5.32 Å². The summed E-state index contributed by atoms with van der Waals surface area (Å²) in [6.45, 7) is -0.0728. The molecule has 1 aliphatic heterocycles. The fourth-order valence-corrected chi connectivity index (χ4v) is 1.88. The maximum Gasteiger partial charge on any atom is 0.226 e. The summed E-state index contributed by atoms with van der Waals surface area (Å²) in [5, 5.41) is 11.4. The van der Waals surface area contributed by atoms with Crippen LogP contribution in [0, 0.1) is 5.92 Å². The number of Topliss-reactive ketones (excluding diaryl/α,β-unsaturated/α-hetero) is 1. The summed E-state index contributed by atoms with van der Waals surface area (Å²) in [6, 6.07) is 8.39. The molecule has 0 saturated carbocycles. The molecule has 1 saturated heterocycles. The number of hydrogen-bond acceptors (Lipinski definition) is 3. The number of ketones is 1. The summed E-state index contributed by atoms with van der Waals surface area (Å²) in [7, 11) is 0. The highest BCUT2D eigenvalue weighted by Gasteiger charge is 2.43. The van der Waals surface area contributed by atoms with E-state index in [0.717, 1.165) is 0 Å². The van der Waals surface area contributed by atoms with Crippen LogP contribution in [-0.2, 0) is 4.79 Å². The highest BCUT2D eigenvalue weighted by molar-refractivity contribution is 6.08. The Morgan fingerprint density at radius 3 is 2.56 bits per heavy atom. The molecule has 0 aromatic heterocycles. The van der Waals surface area contributed by atoms with Crippen molar-refractivity contribution in [3.8, 4) is 0 Å². The van der Waals surface area contributed by atoms with E-state index < -0.39 is 6.04 Å². The largest absolute Gasteiger partial charge is 0.396 e. The number of hydrogen-bond donors (Lipinski definition) is 2. The van der Waals surface area contributed by atoms with E-state index in [1.165, 1.54) is 0 Å². The summed E-state index contributed by atoms with van der Waals surface area (Å²) >= 11 is 0. The number of aliphatic hydroxyl groups is 1. The predicted octanol–water partition coefficient (Wildman–Crippen LogP) is 0.366. The van der Waals surface area contributed by atoms with Crippen LogP contribution in [0.2, 0.25) is 0 Å². The minimum Gasteiger partial charge on any atom is -0.396 e. The number of carbonyl (C=O) groups is 2. The average molecular weight is 219 g/mol. The quantitative estimate of drug-likeness (QED) is 0.568. The number of carbonyl (C=O) groups excluding carboxylic acids is 2. The summed E-state index contributed by atoms with van der Waals surface area (Å²) in [4.78, 5) is 23.2. The summed E-state index contributed by atoms with van der Waals surface area (Å²) < 4.78 is 0. The van der Waals surface area contributed by atoms with E-state index in [2.05, 4.69) is 5.32 Å². The molecular weight excluding hydrogens is 206 g/mol. The highest BCUT2D eigenvalue weighted by atomic mass is 16.3. The Morgan fingerprint density at radius 1 is 1.31 bits per heavy atom. The van der Waals surface area contributed by atoms with Gasteiger partial charge in [0.05, 0.1) is 5.92 Å². The van der Waals surface area contributed by atoms with Crippen molar-refractivity contribution < 1.29 is 14.7 Å². The Labute approximate surface area is 93.3 Å². The van der Waals surface area contributed by atoms with Crippen LogP contribution < -0.4 is 5.32 Å². The third-order valence-corrected chi connectivity index (χ3v) is 2.82. The van der Waals surface area contributed by atoms with Crippen LogP contribution in [0.25, 0.3) is 0 Å². The molecule has 0 aliphatic carbocycles. The van der Waals surface area contributed by atoms with Crippen LogP contribution >= 0.6 is 0 Å². The number of benzene rings is 1. The zero-order valence-corrected chi connectivity index (χ0v) is 8.72. The van der Waals surface area contributed by atoms with Gasteiger partial charge < -0.3 is 10.4 Å². The van der Waals surface area contributed by atoms with Crippen LogP contribution in [0.15, 0.2) is 30.3 Å². The van der Waals surface area contributed by atoms with E-state index in [1.807, 2.05) is 6.07 Å². The Kier molecular flexibility index (Phi) is 3.01. The summed E-state index contributed by atoms with van der Waals surface area (Å²) in [5.74, 6) is -0.611. The van der Waals surface area contributed by atoms with Gasteiger partial charge in [-0.05, 0) is 6.42 Å². The molecule has 2 atom stereocenters. The lowest BCUT2D eigenvalue weighted by molar-refractivity contribution is -0.134. The fraction of sp³-hybridized carbons (Fsp3) is 0.333. The molecule has 1 amide bonds. The maximum atomic E-state index is 12.0. The van der Waals surface area contributed by atoms with E-state index in [0.29, 0.717) is 12.0 Å². The molecule has 1 fully saturated rings. The molecule has 84 valence electrons. The normalized spacial score (nSPS) is 23.4. The first-order valence-corrected chi connectivity index (χ1v) is 5.24. The van der Waals surface area contributed by atoms with Crippen molar-refractivity contribution in [1.29, 1.82) is 0 Å². The molecule has 1 heterocycles. The molecule has 0 unspecified atom stereocenters. The van der Waals surface area contributed by atoms with Crippen LogP contribution in [0.5, 0.6) is 0 Å². The van der Waals surface area contributed by atoms with Crippen LogP contribution in [0.3, 0.4) is 0 Å². The van der Waals surface area contributed by atoms with Gasteiger partial charge >= 0.3 is 0 Å². The van der Waals surface area contributed by atoms with Gasteiger partial charge in [0.25, 0.3) is 0 Å². The smallest absolute Gasteiger partial charge is 0.226 e. The molecule has 4 heteroatoms. The monoisotopic (exact) mass is 219 g/mol. The van der Waals surface area contributed by atoms with Gasteiger partial charge in [-0.15, -0.1) is 0 Å². The van der Waals surface area contributed by atoms with Gasteiger partial charge in [0, 0.05) is 12.2 Å². The molecule has 1 aliphatic rings. The molecule has 2 N–H and O–H groups in total. The Morgan fingerprint density at radius 2 is 2.00 bits per heavy atom. The number of rotatable bonds is 4. The van der Waals surface area contributed by atoms with E-state index in [1.54, 1.807) is 24.3 Å². The Hall–Kier alpha value is -1.68. The minimum atomic E-state index is -0.470. The van der Waals surface area contributed by atoms with Gasteiger partial charge in [0.2, 0.25) is 5.91 Å². The second-order valence-corrected chi connectivity index (χ2v) is 3.84. The van der Waals surface area contributed by atoms with Crippen molar-refractivity contribution in [2.45, 2.75) is 12.5 Å². The zero-order chi connectivity index (χ0) is 11.5. The first-order valence-electron chi connectivity index (χ1n) is 5.24. The van der Waals surface area contributed by atoms with Crippen LogP contribution in [0.4, 0.5) is 0 Å². The predicted molar refractivity (Wildman–Crippen MR) is 57.9 cm³/mol. The van der Waals surface area contributed by atoms with Gasteiger partial charge in [0.15, 0.2) is 5.78 Å². The van der Waals surface area contributed by atoms with Gasteiger partial charge in [0.1, 0.15) is 6.04 Å². The fourth-order valence-electron chi connectivity index (χ4n) is 1.88. The summed E-state index contributed by atoms with van der Waals surface area (Å²) in [6.07, 6.45) is 0.342. The van der Waals surface area contributed by atoms with Gasteiger partial charge in [-0.25, -0.2) is 0 Å². The third kappa shape index (κ3) is 1.84. The lowest BCUT2D eigenvalue weighted by Crippen LogP contribution is -2.62. The van der Waals surface area contributed by atoms with E-state index in [4.69, 9.17) is 5.11 Å². The molecule has 0 spiro atoms. The van der Waals surface area contributed by atoms with Crippen molar-refractivity contribution in [3.63, 3.8) is 0 Å². The number of amides is 1. The van der Waals surface area contributed by atoms with Gasteiger partial charge in [-0.3, -0.25) is 9.59 Å². The SMILES string of the molecule is O=C1N[C@H](C(=O)c2ccccc2)[C@@H]1CCO. The molecule has 4 nitrogen and oxygen atoms in total. The second kappa shape index (κ2) is 4.45. The number of β-lactam (4-membered cyclic amide) rings is 1. The third-order valence-electron chi connectivity index (χ3n) is 2.82. The first-order chi connectivity index (χ1) is 7.74. The highest BCUT2D eigenvalue weighted by Crippen LogP contribution is 2.22. The van der Waals surface area contributed by atoms with Crippen molar-refractivity contribution in [2.75, 3.05) is 6.61 Å². The second-order valence-electron chi connectivity index (χ2n) is 3.84. The molecular formula is C12H13NO3. The Bertz CT molecular complexity index is 402. The van der Waals surface area contributed by atoms with E-state index in [9.17, 15) is 9.59 Å². The van der Waals surface area contributed by atoms with Crippen molar-refractivity contribution in [3.05, 3.63) is 35.9 Å². The van der Waals surface area contributed by atoms with Gasteiger partial charge in [-0.1, -0.05) is 30.3 Å².